The molecule has 0 aliphatic carbocycles. The maximum absolute atomic E-state index is 4.52. The van der Waals surface area contributed by atoms with Crippen LogP contribution in [0.3, 0.4) is 0 Å². The minimum Gasteiger partial charge on any atom is -0.357 e. The number of halogens is 1. The minimum absolute atomic E-state index is 0.396. The molecule has 0 bridgehead atoms. The van der Waals surface area contributed by atoms with Gasteiger partial charge in [0.15, 0.2) is 5.96 Å². The van der Waals surface area contributed by atoms with Gasteiger partial charge in [-0.3, -0.25) is 0 Å². The second-order valence-electron chi connectivity index (χ2n) is 3.70. The van der Waals surface area contributed by atoms with Crippen molar-refractivity contribution in [2.24, 2.45) is 4.99 Å². The number of nitrogens with zero attached hydrogens (tertiary/aromatic N) is 1. The summed E-state index contributed by atoms with van der Waals surface area (Å²) in [5.74, 6) is 0.877. The van der Waals surface area contributed by atoms with Crippen LogP contribution in [-0.4, -0.2) is 18.5 Å². The summed E-state index contributed by atoms with van der Waals surface area (Å²) in [6.07, 6.45) is 0. The van der Waals surface area contributed by atoms with Crippen molar-refractivity contribution in [3.8, 4) is 0 Å². The molecule has 2 N–H and O–H groups in total. The molecule has 0 aliphatic rings. The van der Waals surface area contributed by atoms with Crippen molar-refractivity contribution in [2.45, 2.75) is 33.4 Å². The number of hydrogen-bond acceptors (Lipinski definition) is 2. The van der Waals surface area contributed by atoms with E-state index >= 15 is 0 Å². The van der Waals surface area contributed by atoms with Crippen molar-refractivity contribution >= 4 is 33.2 Å². The van der Waals surface area contributed by atoms with E-state index < -0.39 is 0 Å². The van der Waals surface area contributed by atoms with E-state index in [0.29, 0.717) is 6.04 Å². The molecule has 0 fully saturated rings. The summed E-state index contributed by atoms with van der Waals surface area (Å²) in [5.41, 5.74) is 0. The molecule has 5 heteroatoms. The average molecular weight is 304 g/mol. The second kappa shape index (κ2) is 6.91. The van der Waals surface area contributed by atoms with Crippen LogP contribution in [-0.2, 0) is 6.54 Å². The third kappa shape index (κ3) is 4.99. The molecule has 16 heavy (non-hydrogen) atoms. The van der Waals surface area contributed by atoms with Gasteiger partial charge >= 0.3 is 0 Å². The number of rotatable bonds is 4. The summed E-state index contributed by atoms with van der Waals surface area (Å²) in [4.78, 5) is 5.78. The Kier molecular flexibility index (Phi) is 5.84. The number of hydrogen-bond donors (Lipinski definition) is 2. The fraction of sp³-hybridized carbons (Fsp3) is 0.545. The molecule has 90 valence electrons. The molecule has 0 unspecified atom stereocenters. The highest BCUT2D eigenvalue weighted by molar-refractivity contribution is 9.11. The van der Waals surface area contributed by atoms with Crippen LogP contribution in [0.5, 0.6) is 0 Å². The predicted molar refractivity (Wildman–Crippen MR) is 75.1 cm³/mol. The first-order valence-corrected chi connectivity index (χ1v) is 7.01. The van der Waals surface area contributed by atoms with Crippen molar-refractivity contribution in [2.75, 3.05) is 6.54 Å². The molecule has 0 amide bonds. The molecule has 3 nitrogen and oxygen atoms in total. The van der Waals surface area contributed by atoms with Crippen molar-refractivity contribution in [1.82, 2.24) is 10.6 Å². The summed E-state index contributed by atoms with van der Waals surface area (Å²) < 4.78 is 1.15. The monoisotopic (exact) mass is 303 g/mol. The molecule has 1 rings (SSSR count). The van der Waals surface area contributed by atoms with E-state index in [1.54, 1.807) is 11.3 Å². The molecule has 0 aromatic carbocycles. The molecular weight excluding hydrogens is 286 g/mol. The summed E-state index contributed by atoms with van der Waals surface area (Å²) in [6.45, 7) is 7.88. The number of thiophene rings is 1. The molecule has 0 saturated heterocycles. The lowest BCUT2D eigenvalue weighted by Crippen LogP contribution is -2.40. The van der Waals surface area contributed by atoms with Crippen LogP contribution < -0.4 is 10.6 Å². The van der Waals surface area contributed by atoms with Gasteiger partial charge in [0.25, 0.3) is 0 Å². The summed E-state index contributed by atoms with van der Waals surface area (Å²) >= 11 is 5.17. The molecule has 1 aromatic heterocycles. The second-order valence-corrected chi connectivity index (χ2v) is 6.25. The summed E-state index contributed by atoms with van der Waals surface area (Å²) in [5, 5.41) is 6.51. The molecule has 0 saturated carbocycles. The van der Waals surface area contributed by atoms with E-state index in [1.165, 1.54) is 4.88 Å². The Hall–Kier alpha value is -0.550. The number of nitrogens with one attached hydrogen (secondary N) is 2. The van der Waals surface area contributed by atoms with Gasteiger partial charge in [-0.2, -0.15) is 0 Å². The van der Waals surface area contributed by atoms with Crippen LogP contribution in [0.25, 0.3) is 0 Å². The van der Waals surface area contributed by atoms with Crippen LogP contribution in [0.15, 0.2) is 20.9 Å². The fourth-order valence-electron chi connectivity index (χ4n) is 1.19. The van der Waals surface area contributed by atoms with Gasteiger partial charge in [0.05, 0.1) is 10.3 Å². The lowest BCUT2D eigenvalue weighted by atomic mass is 10.4. The highest BCUT2D eigenvalue weighted by Crippen LogP contribution is 2.22. The van der Waals surface area contributed by atoms with Gasteiger partial charge in [0.2, 0.25) is 0 Å². The number of aliphatic imine (C=N–C) groups is 1. The van der Waals surface area contributed by atoms with Crippen LogP contribution >= 0.6 is 27.3 Å². The van der Waals surface area contributed by atoms with E-state index in [9.17, 15) is 0 Å². The molecule has 1 aromatic rings. The van der Waals surface area contributed by atoms with Crippen molar-refractivity contribution in [1.29, 1.82) is 0 Å². The van der Waals surface area contributed by atoms with Crippen LogP contribution in [0.4, 0.5) is 0 Å². The summed E-state index contributed by atoms with van der Waals surface area (Å²) in [6, 6.07) is 4.54. The number of guanidine groups is 1. The Bertz CT molecular complexity index is 347. The molecule has 1 heterocycles. The Balaban J connectivity index is 2.56. The maximum atomic E-state index is 4.52. The Morgan fingerprint density at radius 2 is 2.25 bits per heavy atom. The zero-order valence-electron chi connectivity index (χ0n) is 9.88. The largest absolute Gasteiger partial charge is 0.357 e. The van der Waals surface area contributed by atoms with E-state index in [1.807, 2.05) is 0 Å². The highest BCUT2D eigenvalue weighted by atomic mass is 79.9. The highest BCUT2D eigenvalue weighted by Gasteiger charge is 2.00. The average Bonchev–Trinajstić information content (AvgIpc) is 2.60. The van der Waals surface area contributed by atoms with Gasteiger partial charge < -0.3 is 10.6 Å². The Morgan fingerprint density at radius 3 is 2.75 bits per heavy atom. The van der Waals surface area contributed by atoms with Gasteiger partial charge in [-0.15, -0.1) is 11.3 Å². The van der Waals surface area contributed by atoms with Crippen molar-refractivity contribution in [3.05, 3.63) is 20.8 Å². The van der Waals surface area contributed by atoms with E-state index in [2.05, 4.69) is 64.5 Å². The molecule has 0 spiro atoms. The van der Waals surface area contributed by atoms with Gasteiger partial charge in [-0.1, -0.05) is 0 Å². The quantitative estimate of drug-likeness (QED) is 0.663. The summed E-state index contributed by atoms with van der Waals surface area (Å²) in [7, 11) is 0. The minimum atomic E-state index is 0.396. The van der Waals surface area contributed by atoms with E-state index in [-0.39, 0.29) is 0 Å². The lowest BCUT2D eigenvalue weighted by Gasteiger charge is -2.13. The molecule has 0 aliphatic heterocycles. The van der Waals surface area contributed by atoms with Crippen LogP contribution in [0.1, 0.15) is 25.6 Å². The SMILES string of the molecule is CCNC(=NCc1ccc(Br)s1)NC(C)C. The van der Waals surface area contributed by atoms with Crippen molar-refractivity contribution in [3.63, 3.8) is 0 Å². The molecule has 0 atom stereocenters. The Morgan fingerprint density at radius 1 is 1.50 bits per heavy atom. The van der Waals surface area contributed by atoms with E-state index in [0.717, 1.165) is 22.8 Å². The van der Waals surface area contributed by atoms with Crippen molar-refractivity contribution < 1.29 is 0 Å². The van der Waals surface area contributed by atoms with Crippen LogP contribution in [0, 0.1) is 0 Å². The third-order valence-electron chi connectivity index (χ3n) is 1.79. The topological polar surface area (TPSA) is 36.4 Å². The standard InChI is InChI=1S/C11H18BrN3S/c1-4-13-11(15-8(2)3)14-7-9-5-6-10(12)16-9/h5-6,8H,4,7H2,1-3H3,(H2,13,14,15). The normalized spacial score (nSPS) is 11.9. The van der Waals surface area contributed by atoms with Gasteiger partial charge in [-0.05, 0) is 48.8 Å². The lowest BCUT2D eigenvalue weighted by molar-refractivity contribution is 0.701. The van der Waals surface area contributed by atoms with E-state index in [4.69, 9.17) is 0 Å². The Labute approximate surface area is 109 Å². The molecule has 0 radical (unpaired) electrons. The first-order valence-electron chi connectivity index (χ1n) is 5.41. The van der Waals surface area contributed by atoms with Gasteiger partial charge in [-0.25, -0.2) is 4.99 Å². The van der Waals surface area contributed by atoms with Gasteiger partial charge in [0, 0.05) is 17.5 Å². The van der Waals surface area contributed by atoms with Crippen LogP contribution in [0.2, 0.25) is 0 Å². The fourth-order valence-corrected chi connectivity index (χ4v) is 2.59. The maximum Gasteiger partial charge on any atom is 0.191 e. The smallest absolute Gasteiger partial charge is 0.191 e. The first kappa shape index (κ1) is 13.5. The third-order valence-corrected chi connectivity index (χ3v) is 3.40. The zero-order valence-corrected chi connectivity index (χ0v) is 12.3. The zero-order chi connectivity index (χ0) is 12.0. The first-order chi connectivity index (χ1) is 7.61. The predicted octanol–water partition coefficient (Wildman–Crippen LogP) is 2.97. The van der Waals surface area contributed by atoms with Gasteiger partial charge in [0.1, 0.15) is 0 Å². The molecular formula is C11H18BrN3S.